The standard InChI is InChI=1S/C13H25N3O4.2ClH/c1-15(2)8-10-4-6-16(7-5-10)13(18)20-9-11(14)12(17)19-3;;/h10-11H,4-9,14H2,1-3H3;2*1H/t11-;;/m0../s1. The van der Waals surface area contributed by atoms with Gasteiger partial charge >= 0.3 is 12.1 Å². The van der Waals surface area contributed by atoms with Crippen molar-refractivity contribution in [3.05, 3.63) is 0 Å². The molecule has 0 saturated carbocycles. The first kappa shape index (κ1) is 23.5. The zero-order chi connectivity index (χ0) is 15.1. The Hall–Kier alpha value is -0.760. The number of methoxy groups -OCH3 is 1. The van der Waals surface area contributed by atoms with Crippen molar-refractivity contribution in [2.75, 3.05) is 47.4 Å². The molecule has 1 atom stereocenters. The Kier molecular flexibility index (Phi) is 12.6. The average Bonchev–Trinajstić information content (AvgIpc) is 2.43. The van der Waals surface area contributed by atoms with Crippen LogP contribution in [-0.4, -0.2) is 75.4 Å². The number of rotatable bonds is 5. The summed E-state index contributed by atoms with van der Waals surface area (Å²) in [5.41, 5.74) is 5.51. The lowest BCUT2D eigenvalue weighted by atomic mass is 9.97. The first-order chi connectivity index (χ1) is 9.43. The van der Waals surface area contributed by atoms with Crippen molar-refractivity contribution >= 4 is 36.9 Å². The van der Waals surface area contributed by atoms with E-state index in [1.165, 1.54) is 7.11 Å². The number of piperidine rings is 1. The smallest absolute Gasteiger partial charge is 0.409 e. The monoisotopic (exact) mass is 359 g/mol. The number of hydrogen-bond donors (Lipinski definition) is 1. The molecule has 1 fully saturated rings. The summed E-state index contributed by atoms with van der Waals surface area (Å²) in [6.45, 7) is 2.26. The molecule has 1 amide bonds. The van der Waals surface area contributed by atoms with Crippen LogP contribution >= 0.6 is 24.8 Å². The van der Waals surface area contributed by atoms with Crippen LogP contribution < -0.4 is 5.73 Å². The van der Waals surface area contributed by atoms with Gasteiger partial charge in [-0.25, -0.2) is 4.79 Å². The maximum absolute atomic E-state index is 11.8. The molecular formula is C13H27Cl2N3O4. The third-order valence-corrected chi connectivity index (χ3v) is 3.39. The number of carbonyl (C=O) groups excluding carboxylic acids is 2. The van der Waals surface area contributed by atoms with Gasteiger partial charge in [0.05, 0.1) is 7.11 Å². The summed E-state index contributed by atoms with van der Waals surface area (Å²) in [4.78, 5) is 26.7. The van der Waals surface area contributed by atoms with Crippen LogP contribution in [0.2, 0.25) is 0 Å². The van der Waals surface area contributed by atoms with Crippen LogP contribution in [0.3, 0.4) is 0 Å². The highest BCUT2D eigenvalue weighted by Crippen LogP contribution is 2.18. The van der Waals surface area contributed by atoms with Gasteiger partial charge in [0.1, 0.15) is 12.6 Å². The first-order valence-electron chi connectivity index (χ1n) is 6.84. The molecule has 7 nitrogen and oxygen atoms in total. The molecule has 1 rings (SSSR count). The molecule has 1 heterocycles. The summed E-state index contributed by atoms with van der Waals surface area (Å²) in [7, 11) is 5.35. The lowest BCUT2D eigenvalue weighted by molar-refractivity contribution is -0.143. The lowest BCUT2D eigenvalue weighted by Gasteiger charge is -2.32. The van der Waals surface area contributed by atoms with Gasteiger partial charge in [0, 0.05) is 19.6 Å². The summed E-state index contributed by atoms with van der Waals surface area (Å²) in [5, 5.41) is 0. The molecule has 22 heavy (non-hydrogen) atoms. The van der Waals surface area contributed by atoms with Gasteiger partial charge in [-0.15, -0.1) is 24.8 Å². The Morgan fingerprint density at radius 1 is 1.27 bits per heavy atom. The minimum absolute atomic E-state index is 0. The highest BCUT2D eigenvalue weighted by Gasteiger charge is 2.25. The Balaban J connectivity index is 0. The fourth-order valence-corrected chi connectivity index (χ4v) is 2.29. The van der Waals surface area contributed by atoms with E-state index >= 15 is 0 Å². The van der Waals surface area contributed by atoms with Gasteiger partial charge in [0.15, 0.2) is 0 Å². The van der Waals surface area contributed by atoms with Crippen LogP contribution in [-0.2, 0) is 14.3 Å². The van der Waals surface area contributed by atoms with Crippen molar-refractivity contribution in [1.82, 2.24) is 9.80 Å². The van der Waals surface area contributed by atoms with Crippen LogP contribution in [0, 0.1) is 5.92 Å². The predicted octanol–water partition coefficient (Wildman–Crippen LogP) is 0.740. The maximum atomic E-state index is 11.8. The van der Waals surface area contributed by atoms with Crippen molar-refractivity contribution in [2.24, 2.45) is 11.7 Å². The minimum atomic E-state index is -0.921. The molecule has 0 radical (unpaired) electrons. The van der Waals surface area contributed by atoms with E-state index in [2.05, 4.69) is 23.7 Å². The number of hydrogen-bond acceptors (Lipinski definition) is 6. The fraction of sp³-hybridized carbons (Fsp3) is 0.846. The predicted molar refractivity (Wildman–Crippen MR) is 88.7 cm³/mol. The van der Waals surface area contributed by atoms with Gasteiger partial charge in [-0.1, -0.05) is 0 Å². The molecule has 0 spiro atoms. The van der Waals surface area contributed by atoms with E-state index in [-0.39, 0.29) is 31.4 Å². The molecule has 2 N–H and O–H groups in total. The van der Waals surface area contributed by atoms with E-state index in [1.54, 1.807) is 4.90 Å². The summed E-state index contributed by atoms with van der Waals surface area (Å²) >= 11 is 0. The van der Waals surface area contributed by atoms with Crippen LogP contribution in [0.25, 0.3) is 0 Å². The third kappa shape index (κ3) is 8.03. The molecule has 132 valence electrons. The lowest BCUT2D eigenvalue weighted by Crippen LogP contribution is -2.43. The third-order valence-electron chi connectivity index (χ3n) is 3.39. The Bertz CT molecular complexity index is 337. The van der Waals surface area contributed by atoms with Crippen molar-refractivity contribution < 1.29 is 19.1 Å². The second-order valence-electron chi connectivity index (χ2n) is 5.40. The molecule has 0 aliphatic carbocycles. The van der Waals surface area contributed by atoms with E-state index in [9.17, 15) is 9.59 Å². The fourth-order valence-electron chi connectivity index (χ4n) is 2.29. The van der Waals surface area contributed by atoms with Gasteiger partial charge in [0.2, 0.25) is 0 Å². The highest BCUT2D eigenvalue weighted by molar-refractivity contribution is 5.85. The molecule has 0 aromatic heterocycles. The van der Waals surface area contributed by atoms with Crippen molar-refractivity contribution in [3.8, 4) is 0 Å². The van der Waals surface area contributed by atoms with Gasteiger partial charge < -0.3 is 25.0 Å². The quantitative estimate of drug-likeness (QED) is 0.728. The van der Waals surface area contributed by atoms with E-state index in [4.69, 9.17) is 10.5 Å². The Morgan fingerprint density at radius 3 is 2.27 bits per heavy atom. The van der Waals surface area contributed by atoms with E-state index < -0.39 is 18.1 Å². The number of esters is 1. The van der Waals surface area contributed by atoms with Crippen LogP contribution in [0.1, 0.15) is 12.8 Å². The summed E-state index contributed by atoms with van der Waals surface area (Å²) in [6.07, 6.45) is 1.53. The number of halogens is 2. The summed E-state index contributed by atoms with van der Waals surface area (Å²) < 4.78 is 9.50. The van der Waals surface area contributed by atoms with Gasteiger partial charge in [-0.2, -0.15) is 0 Å². The largest absolute Gasteiger partial charge is 0.468 e. The molecule has 1 aliphatic rings. The molecule has 0 aromatic rings. The topological polar surface area (TPSA) is 85.1 Å². The van der Waals surface area contributed by atoms with Gasteiger partial charge in [-0.3, -0.25) is 4.79 Å². The van der Waals surface area contributed by atoms with Crippen molar-refractivity contribution in [1.29, 1.82) is 0 Å². The minimum Gasteiger partial charge on any atom is -0.468 e. The van der Waals surface area contributed by atoms with E-state index in [1.807, 2.05) is 0 Å². The van der Waals surface area contributed by atoms with E-state index in [0.29, 0.717) is 19.0 Å². The van der Waals surface area contributed by atoms with Crippen LogP contribution in [0.4, 0.5) is 4.79 Å². The normalized spacial score (nSPS) is 16.3. The zero-order valence-corrected chi connectivity index (χ0v) is 15.0. The molecule has 0 unspecified atom stereocenters. The molecule has 1 aliphatic heterocycles. The van der Waals surface area contributed by atoms with Gasteiger partial charge in [0.25, 0.3) is 0 Å². The summed E-state index contributed by atoms with van der Waals surface area (Å²) in [5.74, 6) is 0.0360. The molecular weight excluding hydrogens is 333 g/mol. The molecule has 1 saturated heterocycles. The van der Waals surface area contributed by atoms with E-state index in [0.717, 1.165) is 19.4 Å². The van der Waals surface area contributed by atoms with Crippen LogP contribution in [0.5, 0.6) is 0 Å². The number of nitrogens with zero attached hydrogens (tertiary/aromatic N) is 2. The molecule has 0 bridgehead atoms. The van der Waals surface area contributed by atoms with Crippen molar-refractivity contribution in [2.45, 2.75) is 18.9 Å². The number of carbonyl (C=O) groups is 2. The second-order valence-corrected chi connectivity index (χ2v) is 5.40. The average molecular weight is 360 g/mol. The van der Waals surface area contributed by atoms with Gasteiger partial charge in [-0.05, 0) is 32.9 Å². The van der Waals surface area contributed by atoms with Crippen LogP contribution in [0.15, 0.2) is 0 Å². The Morgan fingerprint density at radius 2 is 1.82 bits per heavy atom. The molecule has 9 heteroatoms. The first-order valence-corrected chi connectivity index (χ1v) is 6.84. The van der Waals surface area contributed by atoms with Crippen molar-refractivity contribution in [3.63, 3.8) is 0 Å². The Labute approximate surface area is 144 Å². The molecule has 0 aromatic carbocycles. The number of likely N-dealkylation sites (tertiary alicyclic amines) is 1. The maximum Gasteiger partial charge on any atom is 0.409 e. The SMILES string of the molecule is COC(=O)[C@@H](N)COC(=O)N1CCC(CN(C)C)CC1.Cl.Cl. The summed E-state index contributed by atoms with van der Waals surface area (Å²) in [6, 6.07) is -0.921. The number of amides is 1. The number of nitrogens with two attached hydrogens (primary N) is 1. The second kappa shape index (κ2) is 11.8. The highest BCUT2D eigenvalue weighted by atomic mass is 35.5. The zero-order valence-electron chi connectivity index (χ0n) is 13.3. The number of ether oxygens (including phenoxy) is 2.